The van der Waals surface area contributed by atoms with E-state index in [0.717, 1.165) is 29.8 Å². The number of ether oxygens (including phenoxy) is 1. The van der Waals surface area contributed by atoms with Crippen molar-refractivity contribution in [1.82, 2.24) is 5.32 Å². The third-order valence-corrected chi connectivity index (χ3v) is 3.40. The summed E-state index contributed by atoms with van der Waals surface area (Å²) in [5.41, 5.74) is 3.03. The molecule has 3 heteroatoms. The fraction of sp³-hybridized carbons (Fsp3) is 0.250. The van der Waals surface area contributed by atoms with Crippen molar-refractivity contribution in [3.05, 3.63) is 53.8 Å². The van der Waals surface area contributed by atoms with Gasteiger partial charge in [0.1, 0.15) is 17.7 Å². The van der Waals surface area contributed by atoms with Crippen molar-refractivity contribution in [2.24, 2.45) is 0 Å². The Hall–Kier alpha value is -1.87. The van der Waals surface area contributed by atoms with Crippen LogP contribution in [0.25, 0.3) is 11.1 Å². The molecular formula is C16H16FNO. The summed E-state index contributed by atoms with van der Waals surface area (Å²) < 4.78 is 19.3. The molecule has 0 fully saturated rings. The summed E-state index contributed by atoms with van der Waals surface area (Å²) >= 11 is 0. The highest BCUT2D eigenvalue weighted by atomic mass is 19.1. The zero-order valence-electron chi connectivity index (χ0n) is 10.8. The average molecular weight is 257 g/mol. The molecule has 0 saturated carbocycles. The van der Waals surface area contributed by atoms with Crippen molar-refractivity contribution in [2.75, 3.05) is 13.6 Å². The number of benzene rings is 2. The standard InChI is InChI=1S/C16H16FNO/c1-18-10-14-9-12-5-3-7-15(16(12)19-14)11-4-2-6-13(17)8-11/h2-8,14,18H,9-10H2,1H3. The van der Waals surface area contributed by atoms with Gasteiger partial charge in [-0.3, -0.25) is 0 Å². The zero-order valence-corrected chi connectivity index (χ0v) is 10.8. The van der Waals surface area contributed by atoms with Gasteiger partial charge >= 0.3 is 0 Å². The quantitative estimate of drug-likeness (QED) is 0.912. The summed E-state index contributed by atoms with van der Waals surface area (Å²) in [6.45, 7) is 0.817. The molecule has 0 aromatic heterocycles. The SMILES string of the molecule is CNCC1Cc2cccc(-c3cccc(F)c3)c2O1. The van der Waals surface area contributed by atoms with Crippen molar-refractivity contribution in [1.29, 1.82) is 0 Å². The van der Waals surface area contributed by atoms with E-state index in [1.54, 1.807) is 12.1 Å². The number of rotatable bonds is 3. The zero-order chi connectivity index (χ0) is 13.2. The van der Waals surface area contributed by atoms with Crippen LogP contribution in [0, 0.1) is 5.82 Å². The minimum Gasteiger partial charge on any atom is -0.488 e. The minimum absolute atomic E-state index is 0.162. The Balaban J connectivity index is 2.00. The Bertz CT molecular complexity index is 597. The third kappa shape index (κ3) is 2.34. The normalized spacial score (nSPS) is 17.1. The predicted octanol–water partition coefficient (Wildman–Crippen LogP) is 3.02. The van der Waals surface area contributed by atoms with E-state index in [1.807, 2.05) is 25.2 Å². The number of nitrogens with one attached hydrogen (secondary N) is 1. The van der Waals surface area contributed by atoms with Gasteiger partial charge in [-0.2, -0.15) is 0 Å². The molecule has 98 valence electrons. The topological polar surface area (TPSA) is 21.3 Å². The fourth-order valence-corrected chi connectivity index (χ4v) is 2.56. The van der Waals surface area contributed by atoms with E-state index in [0.29, 0.717) is 0 Å². The largest absolute Gasteiger partial charge is 0.488 e. The van der Waals surface area contributed by atoms with Gasteiger partial charge in [0.2, 0.25) is 0 Å². The van der Waals surface area contributed by atoms with E-state index < -0.39 is 0 Å². The van der Waals surface area contributed by atoms with Crippen LogP contribution in [-0.2, 0) is 6.42 Å². The molecule has 1 heterocycles. The highest BCUT2D eigenvalue weighted by Crippen LogP contribution is 2.38. The molecule has 2 nitrogen and oxygen atoms in total. The second-order valence-corrected chi connectivity index (χ2v) is 4.81. The molecule has 19 heavy (non-hydrogen) atoms. The van der Waals surface area contributed by atoms with Crippen molar-refractivity contribution >= 4 is 0 Å². The van der Waals surface area contributed by atoms with Crippen LogP contribution in [-0.4, -0.2) is 19.7 Å². The maximum absolute atomic E-state index is 13.4. The van der Waals surface area contributed by atoms with E-state index in [-0.39, 0.29) is 11.9 Å². The molecule has 2 aromatic carbocycles. The lowest BCUT2D eigenvalue weighted by Crippen LogP contribution is -2.27. The van der Waals surface area contributed by atoms with Crippen LogP contribution in [0.3, 0.4) is 0 Å². The first-order chi connectivity index (χ1) is 9.28. The van der Waals surface area contributed by atoms with Crippen LogP contribution in [0.5, 0.6) is 5.75 Å². The summed E-state index contributed by atoms with van der Waals surface area (Å²) in [7, 11) is 1.92. The third-order valence-electron chi connectivity index (χ3n) is 3.40. The van der Waals surface area contributed by atoms with Gasteiger partial charge < -0.3 is 10.1 Å². The molecule has 1 N–H and O–H groups in total. The smallest absolute Gasteiger partial charge is 0.130 e. The first-order valence-electron chi connectivity index (χ1n) is 6.47. The maximum atomic E-state index is 13.4. The van der Waals surface area contributed by atoms with Gasteiger partial charge in [0.05, 0.1) is 0 Å². The van der Waals surface area contributed by atoms with Crippen LogP contribution in [0.1, 0.15) is 5.56 Å². The molecule has 2 aromatic rings. The minimum atomic E-state index is -0.222. The van der Waals surface area contributed by atoms with Gasteiger partial charge in [-0.15, -0.1) is 0 Å². The molecular weight excluding hydrogens is 241 g/mol. The van der Waals surface area contributed by atoms with Gasteiger partial charge in [-0.25, -0.2) is 4.39 Å². The summed E-state index contributed by atoms with van der Waals surface area (Å²) in [5.74, 6) is 0.674. The van der Waals surface area contributed by atoms with E-state index in [9.17, 15) is 4.39 Å². The highest BCUT2D eigenvalue weighted by Gasteiger charge is 2.25. The first kappa shape index (κ1) is 12.2. The second-order valence-electron chi connectivity index (χ2n) is 4.81. The van der Waals surface area contributed by atoms with E-state index >= 15 is 0 Å². The maximum Gasteiger partial charge on any atom is 0.130 e. The number of hydrogen-bond donors (Lipinski definition) is 1. The number of fused-ring (bicyclic) bond motifs is 1. The molecule has 0 bridgehead atoms. The van der Waals surface area contributed by atoms with E-state index in [2.05, 4.69) is 11.4 Å². The molecule has 1 aliphatic heterocycles. The van der Waals surface area contributed by atoms with Crippen molar-refractivity contribution < 1.29 is 9.13 Å². The number of likely N-dealkylation sites (N-methyl/N-ethyl adjacent to an activating group) is 1. The molecule has 0 saturated heterocycles. The number of para-hydroxylation sites is 1. The summed E-state index contributed by atoms with van der Waals surface area (Å²) in [6, 6.07) is 12.7. The van der Waals surface area contributed by atoms with Crippen LogP contribution in [0.15, 0.2) is 42.5 Å². The highest BCUT2D eigenvalue weighted by molar-refractivity contribution is 5.73. The second kappa shape index (κ2) is 5.02. The lowest BCUT2D eigenvalue weighted by atomic mass is 10.0. The summed E-state index contributed by atoms with van der Waals surface area (Å²) in [6.07, 6.45) is 1.06. The Morgan fingerprint density at radius 2 is 2.11 bits per heavy atom. The fourth-order valence-electron chi connectivity index (χ4n) is 2.56. The number of hydrogen-bond acceptors (Lipinski definition) is 2. The molecule has 0 spiro atoms. The Labute approximate surface area is 112 Å². The predicted molar refractivity (Wildman–Crippen MR) is 73.9 cm³/mol. The molecule has 1 unspecified atom stereocenters. The molecule has 3 rings (SSSR count). The Morgan fingerprint density at radius 3 is 2.89 bits per heavy atom. The van der Waals surface area contributed by atoms with E-state index in [4.69, 9.17) is 4.74 Å². The van der Waals surface area contributed by atoms with Crippen molar-refractivity contribution in [3.8, 4) is 16.9 Å². The van der Waals surface area contributed by atoms with Crippen LogP contribution < -0.4 is 10.1 Å². The molecule has 1 atom stereocenters. The van der Waals surface area contributed by atoms with Crippen molar-refractivity contribution in [3.63, 3.8) is 0 Å². The molecule has 0 amide bonds. The monoisotopic (exact) mass is 257 g/mol. The Morgan fingerprint density at radius 1 is 1.26 bits per heavy atom. The summed E-state index contributed by atoms with van der Waals surface area (Å²) in [4.78, 5) is 0. The van der Waals surface area contributed by atoms with E-state index in [1.165, 1.54) is 11.6 Å². The van der Waals surface area contributed by atoms with Gasteiger partial charge in [0.25, 0.3) is 0 Å². The van der Waals surface area contributed by atoms with Gasteiger partial charge in [0.15, 0.2) is 0 Å². The average Bonchev–Trinajstić information content (AvgIpc) is 2.81. The van der Waals surface area contributed by atoms with Crippen LogP contribution in [0.4, 0.5) is 4.39 Å². The van der Waals surface area contributed by atoms with Crippen LogP contribution >= 0.6 is 0 Å². The van der Waals surface area contributed by atoms with Gasteiger partial charge in [-0.1, -0.05) is 30.3 Å². The first-order valence-corrected chi connectivity index (χ1v) is 6.47. The van der Waals surface area contributed by atoms with Gasteiger partial charge in [-0.05, 0) is 30.3 Å². The lowest BCUT2D eigenvalue weighted by molar-refractivity contribution is 0.232. The Kier molecular flexibility index (Phi) is 3.22. The molecule has 0 radical (unpaired) electrons. The number of halogens is 1. The summed E-state index contributed by atoms with van der Waals surface area (Å²) in [5, 5.41) is 3.13. The van der Waals surface area contributed by atoms with Crippen molar-refractivity contribution in [2.45, 2.75) is 12.5 Å². The van der Waals surface area contributed by atoms with Crippen LogP contribution in [0.2, 0.25) is 0 Å². The molecule has 0 aliphatic carbocycles. The lowest BCUT2D eigenvalue weighted by Gasteiger charge is -2.12. The molecule has 1 aliphatic rings. The van der Waals surface area contributed by atoms with Gasteiger partial charge in [0, 0.05) is 18.5 Å².